The van der Waals surface area contributed by atoms with Crippen molar-refractivity contribution in [1.82, 2.24) is 30.0 Å². The molecule has 4 heterocycles. The molecule has 1 fully saturated rings. The van der Waals surface area contributed by atoms with Gasteiger partial charge in [-0.05, 0) is 30.8 Å². The van der Waals surface area contributed by atoms with Crippen LogP contribution in [0.1, 0.15) is 11.5 Å². The summed E-state index contributed by atoms with van der Waals surface area (Å²) in [6.45, 7) is 4.36. The van der Waals surface area contributed by atoms with Crippen LogP contribution in [0.5, 0.6) is 0 Å². The average molecular weight is 496 g/mol. The van der Waals surface area contributed by atoms with Crippen molar-refractivity contribution < 1.29 is 17.7 Å². The molecule has 9 nitrogen and oxygen atoms in total. The third-order valence-electron chi connectivity index (χ3n) is 5.86. The lowest BCUT2D eigenvalue weighted by Crippen LogP contribution is -2.44. The standard InChI is InChI=1S/C24H23F3N8O/c1-34-10-12-35(13-11-34)20-7-6-18(15-29-20)19-8-9-28-23(31-19)30-14-16-2-4-17(5-3-16)21-32-22(36-33-21)24(25,26)27/h2-9,15H,10-14H2,1H3,(H,28,30,31). The largest absolute Gasteiger partial charge is 0.471 e. The number of alkyl halides is 3. The molecule has 0 atom stereocenters. The van der Waals surface area contributed by atoms with E-state index in [1.165, 1.54) is 0 Å². The predicted molar refractivity (Wildman–Crippen MR) is 127 cm³/mol. The SMILES string of the molecule is CN1CCN(c2ccc(-c3ccnc(NCc4ccc(-c5noc(C(F)(F)F)n5)cc4)n3)cn2)CC1. The van der Waals surface area contributed by atoms with Crippen LogP contribution in [0.4, 0.5) is 24.9 Å². The molecule has 0 aliphatic carbocycles. The van der Waals surface area contributed by atoms with E-state index in [4.69, 9.17) is 0 Å². The molecule has 4 aromatic rings. The molecule has 1 saturated heterocycles. The maximum absolute atomic E-state index is 12.7. The normalized spacial score (nSPS) is 14.7. The van der Waals surface area contributed by atoms with Crippen LogP contribution in [-0.4, -0.2) is 63.2 Å². The molecule has 12 heteroatoms. The lowest BCUT2D eigenvalue weighted by molar-refractivity contribution is -0.159. The fourth-order valence-electron chi connectivity index (χ4n) is 3.77. The predicted octanol–water partition coefficient (Wildman–Crippen LogP) is 3.97. The first-order valence-corrected chi connectivity index (χ1v) is 11.3. The molecule has 1 aliphatic heterocycles. The maximum Gasteiger partial charge on any atom is 0.471 e. The summed E-state index contributed by atoms with van der Waals surface area (Å²) < 4.78 is 42.3. The lowest BCUT2D eigenvalue weighted by atomic mass is 10.1. The number of nitrogens with one attached hydrogen (secondary N) is 1. The molecule has 5 rings (SSSR count). The summed E-state index contributed by atoms with van der Waals surface area (Å²) in [6, 6.07) is 12.6. The van der Waals surface area contributed by atoms with Gasteiger partial charge in [0.15, 0.2) is 0 Å². The molecular formula is C24H23F3N8O. The molecule has 0 radical (unpaired) electrons. The van der Waals surface area contributed by atoms with Crippen LogP contribution in [0.3, 0.4) is 0 Å². The highest BCUT2D eigenvalue weighted by atomic mass is 19.4. The van der Waals surface area contributed by atoms with Gasteiger partial charge >= 0.3 is 12.1 Å². The molecule has 3 aromatic heterocycles. The Balaban J connectivity index is 1.21. The van der Waals surface area contributed by atoms with E-state index in [9.17, 15) is 13.2 Å². The number of hydrogen-bond donors (Lipinski definition) is 1. The third kappa shape index (κ3) is 5.43. The van der Waals surface area contributed by atoms with Gasteiger partial charge < -0.3 is 19.6 Å². The Kier molecular flexibility index (Phi) is 6.51. The minimum atomic E-state index is -4.67. The first-order valence-electron chi connectivity index (χ1n) is 11.3. The second-order valence-corrected chi connectivity index (χ2v) is 8.43. The summed E-state index contributed by atoms with van der Waals surface area (Å²) in [7, 11) is 2.12. The van der Waals surface area contributed by atoms with Gasteiger partial charge in [0.05, 0.1) is 5.69 Å². The van der Waals surface area contributed by atoms with E-state index in [1.54, 1.807) is 30.5 Å². The Morgan fingerprint density at radius 3 is 2.33 bits per heavy atom. The summed E-state index contributed by atoms with van der Waals surface area (Å²) in [4.78, 5) is 21.5. The van der Waals surface area contributed by atoms with Crippen LogP contribution in [0.25, 0.3) is 22.6 Å². The minimum Gasteiger partial charge on any atom is -0.354 e. The molecule has 1 aliphatic rings. The average Bonchev–Trinajstić information content (AvgIpc) is 3.40. The van der Waals surface area contributed by atoms with E-state index in [0.29, 0.717) is 18.1 Å². The van der Waals surface area contributed by atoms with E-state index < -0.39 is 12.1 Å². The number of piperazine rings is 1. The number of halogens is 3. The fraction of sp³-hybridized carbons (Fsp3) is 0.292. The van der Waals surface area contributed by atoms with Crippen molar-refractivity contribution >= 4 is 11.8 Å². The molecule has 0 spiro atoms. The molecule has 0 unspecified atom stereocenters. The van der Waals surface area contributed by atoms with E-state index >= 15 is 0 Å². The van der Waals surface area contributed by atoms with Crippen LogP contribution < -0.4 is 10.2 Å². The van der Waals surface area contributed by atoms with E-state index in [0.717, 1.165) is 48.8 Å². The molecule has 1 aromatic carbocycles. The van der Waals surface area contributed by atoms with Crippen LogP contribution in [-0.2, 0) is 12.7 Å². The van der Waals surface area contributed by atoms with Crippen molar-refractivity contribution in [2.45, 2.75) is 12.7 Å². The van der Waals surface area contributed by atoms with E-state index in [1.807, 2.05) is 24.4 Å². The van der Waals surface area contributed by atoms with Gasteiger partial charge in [-0.15, -0.1) is 0 Å². The zero-order valence-corrected chi connectivity index (χ0v) is 19.4. The zero-order valence-electron chi connectivity index (χ0n) is 19.4. The van der Waals surface area contributed by atoms with Crippen LogP contribution in [0, 0.1) is 0 Å². The first-order chi connectivity index (χ1) is 17.3. The van der Waals surface area contributed by atoms with Gasteiger partial charge in [-0.2, -0.15) is 18.2 Å². The quantitative estimate of drug-likeness (QED) is 0.425. The molecule has 0 bridgehead atoms. The number of hydrogen-bond acceptors (Lipinski definition) is 9. The minimum absolute atomic E-state index is 0.120. The second kappa shape index (κ2) is 9.90. The maximum atomic E-state index is 12.7. The fourth-order valence-corrected chi connectivity index (χ4v) is 3.77. The van der Waals surface area contributed by atoms with Crippen molar-refractivity contribution in [3.05, 3.63) is 66.3 Å². The summed E-state index contributed by atoms with van der Waals surface area (Å²) in [5.41, 5.74) is 2.94. The third-order valence-corrected chi connectivity index (χ3v) is 5.86. The number of anilines is 2. The topological polar surface area (TPSA) is 96.1 Å². The molecule has 0 amide bonds. The van der Waals surface area contributed by atoms with Gasteiger partial charge in [0, 0.05) is 56.2 Å². The van der Waals surface area contributed by atoms with Gasteiger partial charge in [-0.25, -0.2) is 15.0 Å². The van der Waals surface area contributed by atoms with Crippen molar-refractivity contribution in [2.24, 2.45) is 0 Å². The van der Waals surface area contributed by atoms with Gasteiger partial charge in [0.2, 0.25) is 11.8 Å². The molecule has 186 valence electrons. The van der Waals surface area contributed by atoms with E-state index in [-0.39, 0.29) is 5.82 Å². The Labute approximate surface area is 205 Å². The number of pyridine rings is 1. The monoisotopic (exact) mass is 496 g/mol. The number of benzene rings is 1. The number of nitrogens with zero attached hydrogens (tertiary/aromatic N) is 7. The second-order valence-electron chi connectivity index (χ2n) is 8.43. The van der Waals surface area contributed by atoms with Crippen molar-refractivity contribution in [2.75, 3.05) is 43.4 Å². The highest BCUT2D eigenvalue weighted by Crippen LogP contribution is 2.29. The van der Waals surface area contributed by atoms with Crippen molar-refractivity contribution in [1.29, 1.82) is 0 Å². The first kappa shape index (κ1) is 23.7. The lowest BCUT2D eigenvalue weighted by Gasteiger charge is -2.33. The molecule has 36 heavy (non-hydrogen) atoms. The number of aromatic nitrogens is 5. The summed E-state index contributed by atoms with van der Waals surface area (Å²) in [6.07, 6.45) is -1.18. The van der Waals surface area contributed by atoms with Crippen LogP contribution in [0.2, 0.25) is 0 Å². The highest BCUT2D eigenvalue weighted by Gasteiger charge is 2.38. The molecule has 1 N–H and O–H groups in total. The van der Waals surface area contributed by atoms with Gasteiger partial charge in [0.1, 0.15) is 5.82 Å². The molecular weight excluding hydrogens is 473 g/mol. The Morgan fingerprint density at radius 2 is 1.67 bits per heavy atom. The Hall–Kier alpha value is -4.06. The number of likely N-dealkylation sites (N-methyl/N-ethyl adjacent to an activating group) is 1. The van der Waals surface area contributed by atoms with Crippen molar-refractivity contribution in [3.63, 3.8) is 0 Å². The van der Waals surface area contributed by atoms with Crippen molar-refractivity contribution in [3.8, 4) is 22.6 Å². The van der Waals surface area contributed by atoms with Crippen LogP contribution >= 0.6 is 0 Å². The Morgan fingerprint density at radius 1 is 0.917 bits per heavy atom. The van der Waals surface area contributed by atoms with Gasteiger partial charge in [0.25, 0.3) is 0 Å². The number of rotatable bonds is 6. The highest BCUT2D eigenvalue weighted by molar-refractivity contribution is 5.61. The van der Waals surface area contributed by atoms with Gasteiger partial charge in [-0.1, -0.05) is 29.4 Å². The summed E-state index contributed by atoms with van der Waals surface area (Å²) >= 11 is 0. The summed E-state index contributed by atoms with van der Waals surface area (Å²) in [5, 5.41) is 6.57. The van der Waals surface area contributed by atoms with Crippen LogP contribution in [0.15, 0.2) is 59.4 Å². The van der Waals surface area contributed by atoms with E-state index in [2.05, 4.69) is 51.8 Å². The molecule has 0 saturated carbocycles. The van der Waals surface area contributed by atoms with Gasteiger partial charge in [-0.3, -0.25) is 0 Å². The summed E-state index contributed by atoms with van der Waals surface area (Å²) in [5.74, 6) is -0.0829. The zero-order chi connectivity index (χ0) is 25.1. The smallest absolute Gasteiger partial charge is 0.354 e. The Bertz CT molecular complexity index is 1300.